The fourth-order valence-electron chi connectivity index (χ4n) is 1.61. The van der Waals surface area contributed by atoms with Gasteiger partial charge >= 0.3 is 10.1 Å². The van der Waals surface area contributed by atoms with E-state index in [1.165, 1.54) is 0 Å². The molecule has 0 aliphatic carbocycles. The fraction of sp³-hybridized carbons (Fsp3) is 0.231. The zero-order chi connectivity index (χ0) is 13.3. The first-order valence-corrected chi connectivity index (χ1v) is 7.75. The standard InChI is InChI=1S/C13H14O3S2/c1-9-6-7-10(2)13(11(9)3)16-18(14,15)12-5-4-8-17-12/h4-8H,1-3H3. The molecule has 1 aromatic carbocycles. The zero-order valence-electron chi connectivity index (χ0n) is 10.4. The lowest BCUT2D eigenvalue weighted by Gasteiger charge is -2.12. The van der Waals surface area contributed by atoms with E-state index in [1.807, 2.05) is 32.9 Å². The Balaban J connectivity index is 2.45. The highest BCUT2D eigenvalue weighted by Crippen LogP contribution is 2.29. The van der Waals surface area contributed by atoms with Gasteiger partial charge in [0.15, 0.2) is 4.21 Å². The molecule has 0 saturated heterocycles. The molecule has 0 spiro atoms. The summed E-state index contributed by atoms with van der Waals surface area (Å²) in [6.07, 6.45) is 0. The minimum atomic E-state index is -3.71. The van der Waals surface area contributed by atoms with Gasteiger partial charge in [-0.1, -0.05) is 18.2 Å². The number of aryl methyl sites for hydroxylation is 2. The summed E-state index contributed by atoms with van der Waals surface area (Å²) in [5.41, 5.74) is 2.69. The van der Waals surface area contributed by atoms with E-state index in [4.69, 9.17) is 4.18 Å². The first-order chi connectivity index (χ1) is 8.42. The Hall–Kier alpha value is -1.33. The van der Waals surface area contributed by atoms with Crippen LogP contribution in [0.4, 0.5) is 0 Å². The number of rotatable bonds is 3. The minimum absolute atomic E-state index is 0.225. The molecule has 2 rings (SSSR count). The predicted molar refractivity (Wildman–Crippen MR) is 72.8 cm³/mol. The smallest absolute Gasteiger partial charge is 0.348 e. The second-order valence-electron chi connectivity index (χ2n) is 4.12. The van der Waals surface area contributed by atoms with Crippen LogP contribution in [0.2, 0.25) is 0 Å². The molecule has 0 N–H and O–H groups in total. The van der Waals surface area contributed by atoms with Gasteiger partial charge in [0.25, 0.3) is 0 Å². The molecule has 96 valence electrons. The van der Waals surface area contributed by atoms with Gasteiger partial charge in [-0.3, -0.25) is 0 Å². The van der Waals surface area contributed by atoms with Gasteiger partial charge in [-0.2, -0.15) is 8.42 Å². The molecule has 0 bridgehead atoms. The Kier molecular flexibility index (Phi) is 3.45. The Morgan fingerprint density at radius 1 is 1.06 bits per heavy atom. The molecule has 0 aliphatic heterocycles. The van der Waals surface area contributed by atoms with E-state index in [9.17, 15) is 8.42 Å². The van der Waals surface area contributed by atoms with E-state index in [1.54, 1.807) is 17.5 Å². The molecule has 5 heteroatoms. The summed E-state index contributed by atoms with van der Waals surface area (Å²) in [4.78, 5) is 0. The van der Waals surface area contributed by atoms with Gasteiger partial charge in [-0.05, 0) is 48.9 Å². The van der Waals surface area contributed by atoms with Gasteiger partial charge in [0.2, 0.25) is 0 Å². The van der Waals surface area contributed by atoms with Crippen LogP contribution >= 0.6 is 11.3 Å². The molecule has 0 saturated carbocycles. The van der Waals surface area contributed by atoms with Crippen molar-refractivity contribution in [3.63, 3.8) is 0 Å². The minimum Gasteiger partial charge on any atom is -0.378 e. The highest BCUT2D eigenvalue weighted by molar-refractivity contribution is 7.89. The SMILES string of the molecule is Cc1ccc(C)c(OS(=O)(=O)c2cccs2)c1C. The van der Waals surface area contributed by atoms with Crippen LogP contribution < -0.4 is 4.18 Å². The molecule has 0 radical (unpaired) electrons. The maximum atomic E-state index is 12.1. The quantitative estimate of drug-likeness (QED) is 0.810. The second-order valence-corrected chi connectivity index (χ2v) is 6.84. The molecule has 18 heavy (non-hydrogen) atoms. The maximum Gasteiger partial charge on any atom is 0.348 e. The molecule has 0 fully saturated rings. The van der Waals surface area contributed by atoms with Crippen LogP contribution in [0.15, 0.2) is 33.9 Å². The van der Waals surface area contributed by atoms with Crippen LogP contribution in [0, 0.1) is 20.8 Å². The molecule has 0 aliphatic rings. The summed E-state index contributed by atoms with van der Waals surface area (Å²) in [5.74, 6) is 0.434. The van der Waals surface area contributed by atoms with Gasteiger partial charge in [-0.15, -0.1) is 11.3 Å². The monoisotopic (exact) mass is 282 g/mol. The lowest BCUT2D eigenvalue weighted by molar-refractivity contribution is 0.484. The van der Waals surface area contributed by atoms with E-state index in [0.29, 0.717) is 5.75 Å². The average Bonchev–Trinajstić information content (AvgIpc) is 2.84. The van der Waals surface area contributed by atoms with Crippen molar-refractivity contribution in [3.8, 4) is 5.75 Å². The van der Waals surface area contributed by atoms with Crippen molar-refractivity contribution in [1.82, 2.24) is 0 Å². The van der Waals surface area contributed by atoms with Gasteiger partial charge < -0.3 is 4.18 Å². The van der Waals surface area contributed by atoms with Crippen LogP contribution in [0.5, 0.6) is 5.75 Å². The third kappa shape index (κ3) is 2.42. The molecule has 0 unspecified atom stereocenters. The summed E-state index contributed by atoms with van der Waals surface area (Å²) in [6.45, 7) is 5.63. The van der Waals surface area contributed by atoms with Crippen LogP contribution in [0.25, 0.3) is 0 Å². The van der Waals surface area contributed by atoms with Crippen LogP contribution in [0.1, 0.15) is 16.7 Å². The highest BCUT2D eigenvalue weighted by Gasteiger charge is 2.20. The molecule has 3 nitrogen and oxygen atoms in total. The van der Waals surface area contributed by atoms with E-state index >= 15 is 0 Å². The summed E-state index contributed by atoms with van der Waals surface area (Å²) in [6, 6.07) is 7.05. The summed E-state index contributed by atoms with van der Waals surface area (Å²) in [7, 11) is -3.71. The van der Waals surface area contributed by atoms with Crippen molar-refractivity contribution in [2.45, 2.75) is 25.0 Å². The lowest BCUT2D eigenvalue weighted by atomic mass is 10.1. The van der Waals surface area contributed by atoms with Crippen molar-refractivity contribution < 1.29 is 12.6 Å². The van der Waals surface area contributed by atoms with Crippen molar-refractivity contribution in [2.75, 3.05) is 0 Å². The summed E-state index contributed by atoms with van der Waals surface area (Å²) < 4.78 is 29.6. The van der Waals surface area contributed by atoms with Gasteiger partial charge in [0.1, 0.15) is 5.75 Å². The predicted octanol–water partition coefficient (Wildman–Crippen LogP) is 3.44. The molecule has 0 amide bonds. The molecule has 2 aromatic rings. The van der Waals surface area contributed by atoms with E-state index in [2.05, 4.69) is 0 Å². The van der Waals surface area contributed by atoms with E-state index < -0.39 is 10.1 Å². The molecule has 0 atom stereocenters. The zero-order valence-corrected chi connectivity index (χ0v) is 12.1. The summed E-state index contributed by atoms with van der Waals surface area (Å²) >= 11 is 1.15. The Morgan fingerprint density at radius 2 is 1.72 bits per heavy atom. The largest absolute Gasteiger partial charge is 0.378 e. The number of hydrogen-bond donors (Lipinski definition) is 0. The molecular formula is C13H14O3S2. The molecular weight excluding hydrogens is 268 g/mol. The normalized spacial score (nSPS) is 11.5. The summed E-state index contributed by atoms with van der Waals surface area (Å²) in [5, 5.41) is 1.71. The van der Waals surface area contributed by atoms with E-state index in [0.717, 1.165) is 28.0 Å². The Morgan fingerprint density at radius 3 is 2.33 bits per heavy atom. The van der Waals surface area contributed by atoms with Crippen molar-refractivity contribution in [1.29, 1.82) is 0 Å². The fourth-order valence-corrected chi connectivity index (χ4v) is 3.60. The average molecular weight is 282 g/mol. The Bertz CT molecular complexity index is 656. The third-order valence-electron chi connectivity index (χ3n) is 2.81. The van der Waals surface area contributed by atoms with Crippen LogP contribution in [-0.2, 0) is 10.1 Å². The number of thiophene rings is 1. The van der Waals surface area contributed by atoms with Gasteiger partial charge in [0, 0.05) is 0 Å². The second kappa shape index (κ2) is 4.74. The highest BCUT2D eigenvalue weighted by atomic mass is 32.3. The first kappa shape index (κ1) is 13.1. The topological polar surface area (TPSA) is 43.4 Å². The van der Waals surface area contributed by atoms with Crippen molar-refractivity contribution in [2.24, 2.45) is 0 Å². The van der Waals surface area contributed by atoms with Gasteiger partial charge in [-0.25, -0.2) is 0 Å². The van der Waals surface area contributed by atoms with Crippen LogP contribution in [0.3, 0.4) is 0 Å². The third-order valence-corrected chi connectivity index (χ3v) is 5.39. The van der Waals surface area contributed by atoms with Crippen LogP contribution in [-0.4, -0.2) is 8.42 Å². The molecule has 1 aromatic heterocycles. The van der Waals surface area contributed by atoms with E-state index in [-0.39, 0.29) is 4.21 Å². The van der Waals surface area contributed by atoms with Crippen molar-refractivity contribution >= 4 is 21.5 Å². The molecule has 1 heterocycles. The van der Waals surface area contributed by atoms with Gasteiger partial charge in [0.05, 0.1) is 0 Å². The lowest BCUT2D eigenvalue weighted by Crippen LogP contribution is -2.10. The maximum absolute atomic E-state index is 12.1. The first-order valence-electron chi connectivity index (χ1n) is 5.46. The number of benzene rings is 1. The number of hydrogen-bond acceptors (Lipinski definition) is 4. The Labute approximate surface area is 111 Å². The van der Waals surface area contributed by atoms with Crippen molar-refractivity contribution in [3.05, 3.63) is 46.3 Å².